The molecule has 2 fully saturated rings. The molecular formula is C30H37N7O. The third-order valence-corrected chi connectivity index (χ3v) is 8.35. The number of likely N-dealkylation sites (N-methyl/N-ethyl adjacent to an activating group) is 1. The quantitative estimate of drug-likeness (QED) is 0.479. The molecule has 2 aromatic heterocycles. The van der Waals surface area contributed by atoms with Gasteiger partial charge in [-0.25, -0.2) is 9.67 Å². The number of rotatable bonds is 6. The fraction of sp³-hybridized carbons (Fsp3) is 0.433. The van der Waals surface area contributed by atoms with E-state index in [0.29, 0.717) is 29.4 Å². The van der Waals surface area contributed by atoms with E-state index in [1.807, 2.05) is 0 Å². The van der Waals surface area contributed by atoms with Crippen LogP contribution < -0.4 is 15.8 Å². The molecule has 6 rings (SSSR count). The van der Waals surface area contributed by atoms with Gasteiger partial charge in [0.1, 0.15) is 5.39 Å². The predicted octanol–water partition coefficient (Wildman–Crippen LogP) is 4.81. The first-order valence-electron chi connectivity index (χ1n) is 13.7. The summed E-state index contributed by atoms with van der Waals surface area (Å²) in [5.74, 6) is 1.04. The molecule has 0 spiro atoms. The summed E-state index contributed by atoms with van der Waals surface area (Å²) in [5.41, 5.74) is 6.90. The van der Waals surface area contributed by atoms with E-state index in [4.69, 9.17) is 4.98 Å². The van der Waals surface area contributed by atoms with Crippen molar-refractivity contribution in [2.24, 2.45) is 5.92 Å². The first-order chi connectivity index (χ1) is 18.4. The Bertz CT molecular complexity index is 1500. The molecule has 3 heterocycles. The number of nitrogens with zero attached hydrogens (tertiary/aromatic N) is 6. The van der Waals surface area contributed by atoms with Crippen LogP contribution in [0.4, 0.5) is 17.3 Å². The number of aromatic nitrogens is 4. The van der Waals surface area contributed by atoms with E-state index >= 15 is 0 Å². The Morgan fingerprint density at radius 2 is 2.03 bits per heavy atom. The zero-order valence-corrected chi connectivity index (χ0v) is 22.7. The minimum absolute atomic E-state index is 0.0346. The van der Waals surface area contributed by atoms with Crippen LogP contribution in [0, 0.1) is 12.8 Å². The van der Waals surface area contributed by atoms with E-state index in [1.54, 1.807) is 17.0 Å². The zero-order valence-electron chi connectivity index (χ0n) is 22.7. The topological polar surface area (TPSA) is 71.2 Å². The SMILES string of the molecule is C=CCn1c(=O)c2cnc(Nc3ccc(N4CCN(C)CC4)c(C)c3)nc2n1C1C=C2C(=CC1)CCC2C. The number of anilines is 3. The minimum atomic E-state index is -0.0773. The summed E-state index contributed by atoms with van der Waals surface area (Å²) in [6.07, 6.45) is 11.3. The number of benzene rings is 1. The molecule has 1 aromatic carbocycles. The highest BCUT2D eigenvalue weighted by Crippen LogP contribution is 2.41. The lowest BCUT2D eigenvalue weighted by molar-refractivity contribution is 0.312. The van der Waals surface area contributed by atoms with Crippen molar-refractivity contribution in [2.75, 3.05) is 43.4 Å². The molecule has 8 nitrogen and oxygen atoms in total. The molecule has 1 saturated carbocycles. The monoisotopic (exact) mass is 511 g/mol. The van der Waals surface area contributed by atoms with Crippen LogP contribution >= 0.6 is 0 Å². The first kappa shape index (κ1) is 24.7. The Kier molecular flexibility index (Phi) is 6.43. The average molecular weight is 512 g/mol. The summed E-state index contributed by atoms with van der Waals surface area (Å²) in [7, 11) is 2.17. The van der Waals surface area contributed by atoms with Crippen LogP contribution in [0.1, 0.15) is 37.8 Å². The van der Waals surface area contributed by atoms with Crippen molar-refractivity contribution in [3.05, 3.63) is 76.3 Å². The van der Waals surface area contributed by atoms with E-state index in [-0.39, 0.29) is 11.6 Å². The van der Waals surface area contributed by atoms with Gasteiger partial charge in [0.05, 0.1) is 12.6 Å². The molecule has 2 unspecified atom stereocenters. The van der Waals surface area contributed by atoms with Gasteiger partial charge >= 0.3 is 0 Å². The van der Waals surface area contributed by atoms with Gasteiger partial charge in [-0.1, -0.05) is 25.2 Å². The highest BCUT2D eigenvalue weighted by Gasteiger charge is 2.29. The summed E-state index contributed by atoms with van der Waals surface area (Å²) in [6.45, 7) is 13.0. The lowest BCUT2D eigenvalue weighted by atomic mass is 9.93. The largest absolute Gasteiger partial charge is 0.369 e. The second-order valence-electron chi connectivity index (χ2n) is 11.0. The minimum Gasteiger partial charge on any atom is -0.369 e. The summed E-state index contributed by atoms with van der Waals surface area (Å²) in [4.78, 5) is 27.6. The van der Waals surface area contributed by atoms with Crippen LogP contribution in [-0.2, 0) is 6.54 Å². The molecule has 0 amide bonds. The van der Waals surface area contributed by atoms with Crippen molar-refractivity contribution in [3.63, 3.8) is 0 Å². The standard InChI is InChI=1S/C30H37N7O/c1-5-12-36-29(38)26-19-31-30(32-23-9-11-27(21(3)17-23)35-15-13-34(4)14-16-35)33-28(26)37(36)24-10-8-22-7-6-20(2)25(22)18-24/h5,8-9,11,17-20,24H,1,6-7,10,12-16H2,2-4H3,(H,31,32,33). The van der Waals surface area contributed by atoms with Crippen LogP contribution in [-0.4, -0.2) is 57.5 Å². The summed E-state index contributed by atoms with van der Waals surface area (Å²) in [6, 6.07) is 6.45. The van der Waals surface area contributed by atoms with Gasteiger partial charge in [0.25, 0.3) is 5.56 Å². The second kappa shape index (κ2) is 9.91. The zero-order chi connectivity index (χ0) is 26.4. The van der Waals surface area contributed by atoms with E-state index in [2.05, 4.69) is 82.6 Å². The molecule has 2 aliphatic carbocycles. The van der Waals surface area contributed by atoms with Crippen molar-refractivity contribution in [3.8, 4) is 0 Å². The smallest absolute Gasteiger partial charge is 0.278 e. The summed E-state index contributed by atoms with van der Waals surface area (Å²) >= 11 is 0. The Morgan fingerprint density at radius 1 is 1.21 bits per heavy atom. The molecule has 2 atom stereocenters. The highest BCUT2D eigenvalue weighted by molar-refractivity contribution is 5.76. The summed E-state index contributed by atoms with van der Waals surface area (Å²) < 4.78 is 3.81. The van der Waals surface area contributed by atoms with Gasteiger partial charge in [-0.15, -0.1) is 6.58 Å². The number of hydrogen-bond donors (Lipinski definition) is 1. The molecular weight excluding hydrogens is 474 g/mol. The number of hydrogen-bond acceptors (Lipinski definition) is 6. The normalized spacial score (nSPS) is 21.8. The van der Waals surface area contributed by atoms with Crippen LogP contribution in [0.25, 0.3) is 11.0 Å². The molecule has 1 N–H and O–H groups in total. The number of aryl methyl sites for hydroxylation is 1. The molecule has 0 radical (unpaired) electrons. The van der Waals surface area contributed by atoms with Gasteiger partial charge in [-0.05, 0) is 74.1 Å². The van der Waals surface area contributed by atoms with Crippen molar-refractivity contribution in [1.82, 2.24) is 24.2 Å². The molecule has 1 aliphatic heterocycles. The van der Waals surface area contributed by atoms with Crippen molar-refractivity contribution in [1.29, 1.82) is 0 Å². The lowest BCUT2D eigenvalue weighted by Gasteiger charge is -2.35. The van der Waals surface area contributed by atoms with Crippen molar-refractivity contribution in [2.45, 2.75) is 45.7 Å². The molecule has 38 heavy (non-hydrogen) atoms. The molecule has 1 saturated heterocycles. The van der Waals surface area contributed by atoms with Crippen LogP contribution in [0.3, 0.4) is 0 Å². The van der Waals surface area contributed by atoms with Crippen LogP contribution in [0.5, 0.6) is 0 Å². The maximum atomic E-state index is 13.3. The number of fused-ring (bicyclic) bond motifs is 2. The molecule has 8 heteroatoms. The predicted molar refractivity (Wildman–Crippen MR) is 154 cm³/mol. The highest BCUT2D eigenvalue weighted by atomic mass is 16.1. The maximum Gasteiger partial charge on any atom is 0.278 e. The number of allylic oxidation sites excluding steroid dienone is 5. The average Bonchev–Trinajstić information content (AvgIpc) is 3.41. The third-order valence-electron chi connectivity index (χ3n) is 8.35. The van der Waals surface area contributed by atoms with Gasteiger partial charge < -0.3 is 15.1 Å². The van der Waals surface area contributed by atoms with Crippen LogP contribution in [0.15, 0.2) is 65.1 Å². The first-order valence-corrected chi connectivity index (χ1v) is 13.7. The van der Waals surface area contributed by atoms with Gasteiger partial charge in [0, 0.05) is 43.8 Å². The Morgan fingerprint density at radius 3 is 2.79 bits per heavy atom. The van der Waals surface area contributed by atoms with Gasteiger partial charge in [-0.3, -0.25) is 9.48 Å². The van der Waals surface area contributed by atoms with Crippen molar-refractivity contribution < 1.29 is 0 Å². The fourth-order valence-electron chi connectivity index (χ4n) is 6.19. The van der Waals surface area contributed by atoms with Gasteiger partial charge in [0.15, 0.2) is 5.65 Å². The van der Waals surface area contributed by atoms with E-state index < -0.39 is 0 Å². The third kappa shape index (κ3) is 4.36. The number of nitrogens with one attached hydrogen (secondary N) is 1. The lowest BCUT2D eigenvalue weighted by Crippen LogP contribution is -2.44. The van der Waals surface area contributed by atoms with E-state index in [0.717, 1.165) is 44.7 Å². The Labute approximate surface area is 224 Å². The molecule has 0 bridgehead atoms. The molecule has 3 aliphatic rings. The maximum absolute atomic E-state index is 13.3. The molecule has 3 aromatic rings. The Hall–Kier alpha value is -3.65. The number of piperazine rings is 1. The summed E-state index contributed by atoms with van der Waals surface area (Å²) in [5, 5.41) is 3.92. The van der Waals surface area contributed by atoms with Gasteiger partial charge in [0.2, 0.25) is 5.95 Å². The van der Waals surface area contributed by atoms with Crippen molar-refractivity contribution >= 4 is 28.4 Å². The van der Waals surface area contributed by atoms with Gasteiger partial charge in [-0.2, -0.15) is 4.98 Å². The van der Waals surface area contributed by atoms with E-state index in [1.165, 1.54) is 28.8 Å². The molecule has 198 valence electrons. The second-order valence-corrected chi connectivity index (χ2v) is 11.0. The van der Waals surface area contributed by atoms with Crippen LogP contribution in [0.2, 0.25) is 0 Å². The fourth-order valence-corrected chi connectivity index (χ4v) is 6.19. The van der Waals surface area contributed by atoms with E-state index in [9.17, 15) is 4.79 Å². The Balaban J connectivity index is 1.33.